The second-order valence-corrected chi connectivity index (χ2v) is 6.73. The fraction of sp³-hybridized carbons (Fsp3) is 0.400. The summed E-state index contributed by atoms with van der Waals surface area (Å²) in [6, 6.07) is 4.56. The van der Waals surface area contributed by atoms with Gasteiger partial charge in [0, 0.05) is 11.7 Å². The number of anilines is 1. The molecule has 0 atom stereocenters. The summed E-state index contributed by atoms with van der Waals surface area (Å²) in [5, 5.41) is 2.76. The standard InChI is InChI=1S/C20H22N2O6/c1-27-17(23)11-16(20(26)28-2)21-12-8-9-14-15(10-12)19(25)22(18(14)24)13-6-4-3-5-7-13/h8-11,13,21H,3-7H2,1-2H3/b16-11+. The zero-order valence-corrected chi connectivity index (χ0v) is 15.8. The number of carbonyl (C=O) groups excluding carboxylic acids is 4. The van der Waals surface area contributed by atoms with Gasteiger partial charge in [-0.25, -0.2) is 9.59 Å². The lowest BCUT2D eigenvalue weighted by atomic mass is 9.94. The molecule has 0 saturated heterocycles. The fourth-order valence-electron chi connectivity index (χ4n) is 3.60. The molecule has 8 heteroatoms. The van der Waals surface area contributed by atoms with Gasteiger partial charge in [-0.15, -0.1) is 0 Å². The fourth-order valence-corrected chi connectivity index (χ4v) is 3.60. The van der Waals surface area contributed by atoms with Crippen molar-refractivity contribution >= 4 is 29.4 Å². The molecule has 0 bridgehead atoms. The van der Waals surface area contributed by atoms with Gasteiger partial charge in [0.25, 0.3) is 11.8 Å². The van der Waals surface area contributed by atoms with Crippen molar-refractivity contribution in [2.24, 2.45) is 0 Å². The molecule has 1 aromatic rings. The van der Waals surface area contributed by atoms with E-state index in [2.05, 4.69) is 14.8 Å². The number of hydrogen-bond donors (Lipinski definition) is 1. The third-order valence-corrected chi connectivity index (χ3v) is 5.01. The minimum absolute atomic E-state index is 0.0672. The van der Waals surface area contributed by atoms with Crippen LogP contribution in [0, 0.1) is 0 Å². The van der Waals surface area contributed by atoms with E-state index in [1.165, 1.54) is 25.2 Å². The Hall–Kier alpha value is -3.16. The summed E-state index contributed by atoms with van der Waals surface area (Å²) in [7, 11) is 2.37. The van der Waals surface area contributed by atoms with Gasteiger partial charge in [0.2, 0.25) is 0 Å². The predicted molar refractivity (Wildman–Crippen MR) is 99.6 cm³/mol. The van der Waals surface area contributed by atoms with Crippen LogP contribution in [0.25, 0.3) is 0 Å². The van der Waals surface area contributed by atoms with E-state index in [1.54, 1.807) is 12.1 Å². The molecule has 28 heavy (non-hydrogen) atoms. The molecule has 1 heterocycles. The summed E-state index contributed by atoms with van der Waals surface area (Å²) in [4.78, 5) is 50.3. The Balaban J connectivity index is 1.86. The number of carbonyl (C=O) groups is 4. The first-order chi connectivity index (χ1) is 13.5. The monoisotopic (exact) mass is 386 g/mol. The lowest BCUT2D eigenvalue weighted by molar-refractivity contribution is -0.138. The van der Waals surface area contributed by atoms with Crippen LogP contribution in [0.5, 0.6) is 0 Å². The number of nitrogens with zero attached hydrogens (tertiary/aromatic N) is 1. The number of amides is 2. The number of ether oxygens (including phenoxy) is 2. The first-order valence-electron chi connectivity index (χ1n) is 9.13. The molecule has 1 aromatic carbocycles. The number of esters is 2. The van der Waals surface area contributed by atoms with Gasteiger partial charge in [-0.3, -0.25) is 14.5 Å². The van der Waals surface area contributed by atoms with Crippen LogP contribution in [0.15, 0.2) is 30.0 Å². The van der Waals surface area contributed by atoms with E-state index in [0.29, 0.717) is 11.3 Å². The van der Waals surface area contributed by atoms with Crippen molar-refractivity contribution in [3.8, 4) is 0 Å². The maximum Gasteiger partial charge on any atom is 0.354 e. The van der Waals surface area contributed by atoms with Crippen LogP contribution in [0.2, 0.25) is 0 Å². The van der Waals surface area contributed by atoms with E-state index in [-0.39, 0.29) is 29.1 Å². The summed E-state index contributed by atoms with van der Waals surface area (Å²) in [6.07, 6.45) is 5.74. The lowest BCUT2D eigenvalue weighted by Gasteiger charge is -2.29. The van der Waals surface area contributed by atoms with Gasteiger partial charge < -0.3 is 14.8 Å². The highest BCUT2D eigenvalue weighted by atomic mass is 16.5. The average Bonchev–Trinajstić information content (AvgIpc) is 2.97. The molecule has 1 saturated carbocycles. The molecule has 0 unspecified atom stereocenters. The number of imide groups is 1. The third kappa shape index (κ3) is 3.76. The first-order valence-corrected chi connectivity index (χ1v) is 9.13. The van der Waals surface area contributed by atoms with Gasteiger partial charge in [-0.1, -0.05) is 19.3 Å². The number of methoxy groups -OCH3 is 2. The number of rotatable bonds is 5. The molecule has 3 rings (SSSR count). The van der Waals surface area contributed by atoms with Crippen LogP contribution < -0.4 is 5.32 Å². The van der Waals surface area contributed by atoms with E-state index in [9.17, 15) is 19.2 Å². The van der Waals surface area contributed by atoms with Gasteiger partial charge in [0.05, 0.1) is 31.4 Å². The Morgan fingerprint density at radius 1 is 1.04 bits per heavy atom. The molecule has 0 aromatic heterocycles. The van der Waals surface area contributed by atoms with Crippen LogP contribution in [-0.2, 0) is 19.1 Å². The molecular weight excluding hydrogens is 364 g/mol. The Bertz CT molecular complexity index is 854. The quantitative estimate of drug-likeness (QED) is 0.470. The van der Waals surface area contributed by atoms with Crippen LogP contribution in [0.1, 0.15) is 52.8 Å². The minimum Gasteiger partial charge on any atom is -0.466 e. The first kappa shape index (κ1) is 19.6. The maximum absolute atomic E-state index is 12.9. The Morgan fingerprint density at radius 3 is 2.36 bits per heavy atom. The second-order valence-electron chi connectivity index (χ2n) is 6.73. The van der Waals surface area contributed by atoms with Crippen molar-refractivity contribution in [2.75, 3.05) is 19.5 Å². The van der Waals surface area contributed by atoms with E-state index in [0.717, 1.165) is 38.2 Å². The normalized spacial score (nSPS) is 17.4. The number of hydrogen-bond acceptors (Lipinski definition) is 7. The largest absolute Gasteiger partial charge is 0.466 e. The molecule has 1 N–H and O–H groups in total. The molecule has 8 nitrogen and oxygen atoms in total. The number of nitrogens with one attached hydrogen (secondary N) is 1. The van der Waals surface area contributed by atoms with Crippen molar-refractivity contribution in [3.05, 3.63) is 41.1 Å². The lowest BCUT2D eigenvalue weighted by Crippen LogP contribution is -2.40. The van der Waals surface area contributed by atoms with Crippen LogP contribution in [0.3, 0.4) is 0 Å². The zero-order valence-electron chi connectivity index (χ0n) is 15.8. The molecule has 1 fully saturated rings. The van der Waals surface area contributed by atoms with Gasteiger partial charge in [-0.2, -0.15) is 0 Å². The molecule has 1 aliphatic heterocycles. The molecule has 2 aliphatic rings. The van der Waals surface area contributed by atoms with Crippen LogP contribution in [0.4, 0.5) is 5.69 Å². The molecule has 148 valence electrons. The van der Waals surface area contributed by atoms with Gasteiger partial charge >= 0.3 is 11.9 Å². The molecule has 2 amide bonds. The van der Waals surface area contributed by atoms with Gasteiger partial charge in [0.1, 0.15) is 5.70 Å². The van der Waals surface area contributed by atoms with E-state index in [4.69, 9.17) is 0 Å². The summed E-state index contributed by atoms with van der Waals surface area (Å²) in [6.45, 7) is 0. The second kappa shape index (κ2) is 8.24. The van der Waals surface area contributed by atoms with Crippen molar-refractivity contribution in [1.82, 2.24) is 4.90 Å². The summed E-state index contributed by atoms with van der Waals surface area (Å²) in [5.41, 5.74) is 0.863. The Morgan fingerprint density at radius 2 is 1.71 bits per heavy atom. The summed E-state index contributed by atoms with van der Waals surface area (Å²) < 4.78 is 9.18. The maximum atomic E-state index is 12.9. The number of fused-ring (bicyclic) bond motifs is 1. The summed E-state index contributed by atoms with van der Waals surface area (Å²) >= 11 is 0. The predicted octanol–water partition coefficient (Wildman–Crippen LogP) is 2.26. The SMILES string of the molecule is COC(=O)/C=C(/Nc1ccc2c(c1)C(=O)N(C1CCCCC1)C2=O)C(=O)OC. The zero-order chi connectivity index (χ0) is 20.3. The smallest absolute Gasteiger partial charge is 0.354 e. The minimum atomic E-state index is -0.767. The average molecular weight is 386 g/mol. The molecule has 0 spiro atoms. The highest BCUT2D eigenvalue weighted by Gasteiger charge is 2.40. The molecule has 1 aliphatic carbocycles. The van der Waals surface area contributed by atoms with Gasteiger partial charge in [-0.05, 0) is 31.0 Å². The van der Waals surface area contributed by atoms with E-state index in [1.807, 2.05) is 0 Å². The Kier molecular flexibility index (Phi) is 5.77. The molecule has 0 radical (unpaired) electrons. The highest BCUT2D eigenvalue weighted by molar-refractivity contribution is 6.22. The topological polar surface area (TPSA) is 102 Å². The van der Waals surface area contributed by atoms with Crippen LogP contribution in [-0.4, -0.2) is 48.9 Å². The number of benzene rings is 1. The van der Waals surface area contributed by atoms with Crippen molar-refractivity contribution in [2.45, 2.75) is 38.1 Å². The van der Waals surface area contributed by atoms with Crippen molar-refractivity contribution in [1.29, 1.82) is 0 Å². The summed E-state index contributed by atoms with van der Waals surface area (Å²) in [5.74, 6) is -2.11. The molecular formula is C20H22N2O6. The third-order valence-electron chi connectivity index (χ3n) is 5.01. The van der Waals surface area contributed by atoms with Crippen molar-refractivity contribution in [3.63, 3.8) is 0 Å². The van der Waals surface area contributed by atoms with Gasteiger partial charge in [0.15, 0.2) is 0 Å². The van der Waals surface area contributed by atoms with Crippen molar-refractivity contribution < 1.29 is 28.7 Å². The van der Waals surface area contributed by atoms with E-state index >= 15 is 0 Å². The Labute approximate surface area is 162 Å². The van der Waals surface area contributed by atoms with E-state index < -0.39 is 11.9 Å². The highest BCUT2D eigenvalue weighted by Crippen LogP contribution is 2.32. The van der Waals surface area contributed by atoms with Crippen LogP contribution >= 0.6 is 0 Å².